The highest BCUT2D eigenvalue weighted by Gasteiger charge is 2.13. The number of ether oxygens (including phenoxy) is 1. The molecule has 0 saturated carbocycles. The van der Waals surface area contributed by atoms with Gasteiger partial charge in [0.05, 0.1) is 17.2 Å². The molecule has 0 radical (unpaired) electrons. The Labute approximate surface area is 104 Å². The van der Waals surface area contributed by atoms with Crippen molar-refractivity contribution in [3.8, 4) is 0 Å². The summed E-state index contributed by atoms with van der Waals surface area (Å²) in [6.45, 7) is 2.10. The fourth-order valence-corrected chi connectivity index (χ4v) is 2.21. The smallest absolute Gasteiger partial charge is 0.339 e. The summed E-state index contributed by atoms with van der Waals surface area (Å²) in [6.07, 6.45) is 0. The maximum absolute atomic E-state index is 11.4. The molecule has 0 aliphatic heterocycles. The number of carbonyl (C=O) groups excluding carboxylic acids is 1. The van der Waals surface area contributed by atoms with Crippen LogP contribution in [0, 0.1) is 0 Å². The summed E-state index contributed by atoms with van der Waals surface area (Å²) in [5, 5.41) is 0.483. The molecule has 0 aromatic heterocycles. The van der Waals surface area contributed by atoms with Gasteiger partial charge in [0.25, 0.3) is 0 Å². The lowest BCUT2D eigenvalue weighted by Crippen LogP contribution is -2.05. The van der Waals surface area contributed by atoms with Gasteiger partial charge in [0.2, 0.25) is 0 Å². The monoisotopic (exact) mass is 340 g/mol. The molecule has 2 nitrogen and oxygen atoms in total. The Morgan fingerprint density at radius 1 is 1.43 bits per heavy atom. The molecular weight excluding hydrogens is 335 g/mol. The van der Waals surface area contributed by atoms with Gasteiger partial charge in [0, 0.05) is 8.95 Å². The van der Waals surface area contributed by atoms with Crippen molar-refractivity contribution in [1.29, 1.82) is 0 Å². The normalized spacial score (nSPS) is 10.0. The van der Waals surface area contributed by atoms with Crippen LogP contribution in [0.1, 0.15) is 17.3 Å². The van der Waals surface area contributed by atoms with Crippen molar-refractivity contribution in [3.63, 3.8) is 0 Å². The molecule has 0 bridgehead atoms. The highest BCUT2D eigenvalue weighted by atomic mass is 79.9. The molecule has 0 heterocycles. The number of hydrogen-bond donors (Lipinski definition) is 0. The summed E-state index contributed by atoms with van der Waals surface area (Å²) in [6, 6.07) is 3.28. The van der Waals surface area contributed by atoms with Gasteiger partial charge in [-0.25, -0.2) is 4.79 Å². The first kappa shape index (κ1) is 12.0. The Kier molecular flexibility index (Phi) is 4.41. The summed E-state index contributed by atoms with van der Waals surface area (Å²) in [5.41, 5.74) is 0.431. The predicted molar refractivity (Wildman–Crippen MR) is 62.8 cm³/mol. The number of esters is 1. The number of halogens is 3. The number of hydrogen-bond acceptors (Lipinski definition) is 2. The average Bonchev–Trinajstić information content (AvgIpc) is 2.11. The van der Waals surface area contributed by atoms with E-state index in [0.717, 1.165) is 4.47 Å². The minimum Gasteiger partial charge on any atom is -0.462 e. The molecule has 0 saturated heterocycles. The van der Waals surface area contributed by atoms with Crippen molar-refractivity contribution in [3.05, 3.63) is 31.7 Å². The van der Waals surface area contributed by atoms with Crippen molar-refractivity contribution in [2.24, 2.45) is 0 Å². The minimum absolute atomic E-state index is 0.346. The van der Waals surface area contributed by atoms with Gasteiger partial charge in [-0.3, -0.25) is 0 Å². The Morgan fingerprint density at radius 3 is 2.64 bits per heavy atom. The summed E-state index contributed by atoms with van der Waals surface area (Å²) >= 11 is 12.4. The zero-order valence-electron chi connectivity index (χ0n) is 7.31. The van der Waals surface area contributed by atoms with Crippen molar-refractivity contribution in [2.45, 2.75) is 6.92 Å². The summed E-state index contributed by atoms with van der Waals surface area (Å²) in [7, 11) is 0. The first-order valence-electron chi connectivity index (χ1n) is 3.88. The third kappa shape index (κ3) is 2.72. The third-order valence-electron chi connectivity index (χ3n) is 1.51. The van der Waals surface area contributed by atoms with Crippen molar-refractivity contribution >= 4 is 49.4 Å². The van der Waals surface area contributed by atoms with Crippen molar-refractivity contribution < 1.29 is 9.53 Å². The summed E-state index contributed by atoms with van der Waals surface area (Å²) < 4.78 is 6.26. The first-order valence-corrected chi connectivity index (χ1v) is 5.84. The minimum atomic E-state index is -0.381. The van der Waals surface area contributed by atoms with E-state index < -0.39 is 0 Å². The molecule has 0 spiro atoms. The Hall–Kier alpha value is -0.0600. The highest BCUT2D eigenvalue weighted by molar-refractivity contribution is 9.11. The lowest BCUT2D eigenvalue weighted by molar-refractivity contribution is 0.0525. The Morgan fingerprint density at radius 2 is 2.07 bits per heavy atom. The fraction of sp³-hybridized carbons (Fsp3) is 0.222. The van der Waals surface area contributed by atoms with Gasteiger partial charge in [0.1, 0.15) is 0 Å². The van der Waals surface area contributed by atoms with E-state index in [-0.39, 0.29) is 5.97 Å². The molecule has 14 heavy (non-hydrogen) atoms. The van der Waals surface area contributed by atoms with Crippen LogP contribution in [-0.2, 0) is 4.74 Å². The van der Waals surface area contributed by atoms with Crippen LogP contribution in [0.15, 0.2) is 21.1 Å². The van der Waals surface area contributed by atoms with Crippen LogP contribution in [0.2, 0.25) is 5.02 Å². The Balaban J connectivity index is 3.09. The van der Waals surface area contributed by atoms with E-state index in [1.54, 1.807) is 19.1 Å². The molecule has 1 aromatic rings. The molecule has 0 atom stereocenters. The molecular formula is C9H7Br2ClO2. The third-order valence-corrected chi connectivity index (χ3v) is 3.36. The van der Waals surface area contributed by atoms with E-state index in [1.807, 2.05) is 0 Å². The number of carbonyl (C=O) groups is 1. The molecule has 1 aromatic carbocycles. The maximum atomic E-state index is 11.4. The number of rotatable bonds is 2. The lowest BCUT2D eigenvalue weighted by Gasteiger charge is -2.05. The van der Waals surface area contributed by atoms with Crippen LogP contribution in [0.25, 0.3) is 0 Å². The molecule has 0 fully saturated rings. The molecule has 0 unspecified atom stereocenters. The quantitative estimate of drug-likeness (QED) is 0.599. The van der Waals surface area contributed by atoms with E-state index in [1.165, 1.54) is 0 Å². The van der Waals surface area contributed by atoms with Gasteiger partial charge < -0.3 is 4.74 Å². The molecule has 0 aliphatic carbocycles. The van der Waals surface area contributed by atoms with Crippen LogP contribution in [0.3, 0.4) is 0 Å². The zero-order chi connectivity index (χ0) is 10.7. The van der Waals surface area contributed by atoms with Crippen molar-refractivity contribution in [1.82, 2.24) is 0 Å². The molecule has 0 aliphatic rings. The van der Waals surface area contributed by atoms with Gasteiger partial charge in [-0.15, -0.1) is 0 Å². The second kappa shape index (κ2) is 5.14. The lowest BCUT2D eigenvalue weighted by atomic mass is 10.2. The number of benzene rings is 1. The predicted octanol–water partition coefficient (Wildman–Crippen LogP) is 4.04. The second-order valence-electron chi connectivity index (χ2n) is 2.47. The summed E-state index contributed by atoms with van der Waals surface area (Å²) in [5.74, 6) is -0.381. The van der Waals surface area contributed by atoms with Gasteiger partial charge in [-0.05, 0) is 50.9 Å². The largest absolute Gasteiger partial charge is 0.462 e. The molecule has 1 rings (SSSR count). The van der Waals surface area contributed by atoms with Crippen LogP contribution in [0.5, 0.6) is 0 Å². The van der Waals surface area contributed by atoms with Crippen LogP contribution < -0.4 is 0 Å². The topological polar surface area (TPSA) is 26.3 Å². The van der Waals surface area contributed by atoms with Gasteiger partial charge in [0.15, 0.2) is 0 Å². The van der Waals surface area contributed by atoms with Crippen LogP contribution >= 0.6 is 43.5 Å². The zero-order valence-corrected chi connectivity index (χ0v) is 11.2. The van der Waals surface area contributed by atoms with Crippen LogP contribution in [-0.4, -0.2) is 12.6 Å². The van der Waals surface area contributed by atoms with E-state index in [0.29, 0.717) is 21.7 Å². The summed E-state index contributed by atoms with van der Waals surface area (Å²) in [4.78, 5) is 11.4. The second-order valence-corrected chi connectivity index (χ2v) is 4.58. The fourth-order valence-electron chi connectivity index (χ4n) is 0.888. The van der Waals surface area contributed by atoms with Crippen molar-refractivity contribution in [2.75, 3.05) is 6.61 Å². The van der Waals surface area contributed by atoms with E-state index in [4.69, 9.17) is 16.3 Å². The SMILES string of the molecule is CCOC(=O)c1cc(Cl)c(Br)cc1Br. The van der Waals surface area contributed by atoms with E-state index in [9.17, 15) is 4.79 Å². The first-order chi connectivity index (χ1) is 6.56. The highest BCUT2D eigenvalue weighted by Crippen LogP contribution is 2.29. The van der Waals surface area contributed by atoms with Gasteiger partial charge in [-0.2, -0.15) is 0 Å². The Bertz CT molecular complexity index is 366. The van der Waals surface area contributed by atoms with Gasteiger partial charge in [-0.1, -0.05) is 11.6 Å². The van der Waals surface area contributed by atoms with E-state index >= 15 is 0 Å². The molecule has 0 amide bonds. The van der Waals surface area contributed by atoms with E-state index in [2.05, 4.69) is 31.9 Å². The molecule has 5 heteroatoms. The maximum Gasteiger partial charge on any atom is 0.339 e. The van der Waals surface area contributed by atoms with Crippen LogP contribution in [0.4, 0.5) is 0 Å². The van der Waals surface area contributed by atoms with Gasteiger partial charge >= 0.3 is 5.97 Å². The standard InChI is InChI=1S/C9H7Br2ClO2/c1-2-14-9(13)5-3-8(12)7(11)4-6(5)10/h3-4H,2H2,1H3. The average molecular weight is 342 g/mol. The molecule has 0 N–H and O–H groups in total. The molecule has 76 valence electrons.